The van der Waals surface area contributed by atoms with Crippen LogP contribution in [0.15, 0.2) is 24.3 Å². The minimum atomic E-state index is -1.63. The number of ketones is 2. The number of esters is 1. The highest BCUT2D eigenvalue weighted by molar-refractivity contribution is 5.92. The Kier molecular flexibility index (Phi) is 5.33. The van der Waals surface area contributed by atoms with Gasteiger partial charge in [-0.2, -0.15) is 0 Å². The van der Waals surface area contributed by atoms with Gasteiger partial charge < -0.3 is 14.9 Å². The lowest BCUT2D eigenvalue weighted by molar-refractivity contribution is -0.186. The Morgan fingerprint density at radius 2 is 2.03 bits per heavy atom. The lowest BCUT2D eigenvalue weighted by atomic mass is 9.44. The van der Waals surface area contributed by atoms with Crippen LogP contribution < -0.4 is 0 Å². The maximum atomic E-state index is 13.0. The van der Waals surface area contributed by atoms with Crippen LogP contribution in [0.5, 0.6) is 0 Å². The Morgan fingerprint density at radius 3 is 2.71 bits per heavy atom. The van der Waals surface area contributed by atoms with Crippen molar-refractivity contribution < 1.29 is 29.3 Å². The van der Waals surface area contributed by atoms with Gasteiger partial charge >= 0.3 is 5.97 Å². The van der Waals surface area contributed by atoms with Crippen LogP contribution in [-0.2, 0) is 19.1 Å². The Bertz CT molecular complexity index is 860. The van der Waals surface area contributed by atoms with E-state index in [1.807, 2.05) is 13.0 Å². The Hall–Kier alpha value is -1.79. The summed E-state index contributed by atoms with van der Waals surface area (Å²) in [4.78, 5) is 36.6. The van der Waals surface area contributed by atoms with Crippen LogP contribution in [0.1, 0.15) is 59.3 Å². The van der Waals surface area contributed by atoms with E-state index in [1.54, 1.807) is 0 Å². The summed E-state index contributed by atoms with van der Waals surface area (Å²) in [6.45, 7) is 9.10. The number of aliphatic hydroxyl groups excluding tert-OH is 1. The number of aliphatic hydroxyl groups is 2. The van der Waals surface area contributed by atoms with Crippen LogP contribution in [0, 0.1) is 34.5 Å². The monoisotopic (exact) mass is 430 g/mol. The summed E-state index contributed by atoms with van der Waals surface area (Å²) in [5.74, 6) is -0.541. The Balaban J connectivity index is 1.66. The summed E-state index contributed by atoms with van der Waals surface area (Å²) in [6, 6.07) is 0. The van der Waals surface area contributed by atoms with Gasteiger partial charge in [0.25, 0.3) is 0 Å². The summed E-state index contributed by atoms with van der Waals surface area (Å²) in [7, 11) is 0. The number of fused-ring (bicyclic) bond motifs is 5. The molecule has 3 fully saturated rings. The highest BCUT2D eigenvalue weighted by Crippen LogP contribution is 2.68. The maximum absolute atomic E-state index is 13.0. The van der Waals surface area contributed by atoms with E-state index in [0.29, 0.717) is 25.7 Å². The number of Topliss-reactive ketones (excluding diaryl/α,β-unsaturated/α-hetero) is 1. The van der Waals surface area contributed by atoms with Gasteiger partial charge in [-0.25, -0.2) is 4.79 Å². The molecule has 8 atom stereocenters. The predicted octanol–water partition coefficient (Wildman–Crippen LogP) is 2.76. The number of hydrogen-bond acceptors (Lipinski definition) is 6. The van der Waals surface area contributed by atoms with Crippen molar-refractivity contribution in [1.82, 2.24) is 0 Å². The molecule has 2 N–H and O–H groups in total. The summed E-state index contributed by atoms with van der Waals surface area (Å²) >= 11 is 0. The van der Waals surface area contributed by atoms with Gasteiger partial charge in [-0.3, -0.25) is 9.59 Å². The molecule has 0 radical (unpaired) electrons. The number of rotatable bonds is 4. The van der Waals surface area contributed by atoms with Crippen LogP contribution >= 0.6 is 0 Å². The molecular formula is C25H34O6. The molecule has 0 saturated heterocycles. The molecule has 0 bridgehead atoms. The summed E-state index contributed by atoms with van der Waals surface area (Å²) in [6.07, 6.45) is 5.54. The second-order valence-corrected chi connectivity index (χ2v) is 10.7. The van der Waals surface area contributed by atoms with Crippen molar-refractivity contribution in [3.05, 3.63) is 24.3 Å². The predicted molar refractivity (Wildman–Crippen MR) is 114 cm³/mol. The molecular weight excluding hydrogens is 396 g/mol. The van der Waals surface area contributed by atoms with E-state index in [9.17, 15) is 24.6 Å². The molecule has 4 rings (SSSR count). The molecule has 0 aromatic carbocycles. The smallest absolute Gasteiger partial charge is 0.330 e. The van der Waals surface area contributed by atoms with Gasteiger partial charge in [-0.15, -0.1) is 0 Å². The maximum Gasteiger partial charge on any atom is 0.330 e. The van der Waals surface area contributed by atoms with Crippen molar-refractivity contribution in [3.8, 4) is 0 Å². The van der Waals surface area contributed by atoms with Gasteiger partial charge in [0, 0.05) is 17.9 Å². The van der Waals surface area contributed by atoms with Crippen molar-refractivity contribution in [2.45, 2.75) is 71.0 Å². The minimum Gasteiger partial charge on any atom is -0.454 e. The normalized spacial score (nSPS) is 46.3. The fourth-order valence-corrected chi connectivity index (χ4v) is 7.90. The zero-order valence-corrected chi connectivity index (χ0v) is 18.7. The lowest BCUT2D eigenvalue weighted by Crippen LogP contribution is -2.62. The van der Waals surface area contributed by atoms with Gasteiger partial charge in [-0.1, -0.05) is 32.9 Å². The van der Waals surface area contributed by atoms with E-state index in [-0.39, 0.29) is 34.9 Å². The molecule has 3 saturated carbocycles. The molecule has 4 aliphatic rings. The molecule has 0 aromatic heterocycles. The fourth-order valence-electron chi connectivity index (χ4n) is 7.90. The number of hydrogen-bond donors (Lipinski definition) is 2. The molecule has 170 valence electrons. The Labute approximate surface area is 183 Å². The van der Waals surface area contributed by atoms with Crippen molar-refractivity contribution in [3.63, 3.8) is 0 Å². The molecule has 6 heteroatoms. The van der Waals surface area contributed by atoms with Crippen molar-refractivity contribution >= 4 is 17.5 Å². The van der Waals surface area contributed by atoms with Crippen LogP contribution in [0.3, 0.4) is 0 Å². The number of carbonyl (C=O) groups is 3. The number of carbonyl (C=O) groups excluding carboxylic acids is 3. The summed E-state index contributed by atoms with van der Waals surface area (Å²) < 4.78 is 4.93. The molecule has 0 aromatic rings. The van der Waals surface area contributed by atoms with Gasteiger partial charge in [0.15, 0.2) is 12.4 Å². The molecule has 6 nitrogen and oxygen atoms in total. The van der Waals surface area contributed by atoms with Crippen molar-refractivity contribution in [2.24, 2.45) is 34.5 Å². The van der Waals surface area contributed by atoms with Crippen LogP contribution in [-0.4, -0.2) is 46.1 Å². The van der Waals surface area contributed by atoms with E-state index >= 15 is 0 Å². The summed E-state index contributed by atoms with van der Waals surface area (Å²) in [5, 5.41) is 23.0. The van der Waals surface area contributed by atoms with Gasteiger partial charge in [0.1, 0.15) is 5.60 Å². The second kappa shape index (κ2) is 7.38. The lowest BCUT2D eigenvalue weighted by Gasteiger charge is -2.61. The molecule has 0 aliphatic heterocycles. The zero-order valence-electron chi connectivity index (χ0n) is 18.7. The largest absolute Gasteiger partial charge is 0.454 e. The van der Waals surface area contributed by atoms with E-state index in [4.69, 9.17) is 4.74 Å². The first kappa shape index (κ1) is 22.4. The fraction of sp³-hybridized carbons (Fsp3) is 0.720. The molecule has 0 spiro atoms. The molecule has 31 heavy (non-hydrogen) atoms. The van der Waals surface area contributed by atoms with E-state index in [2.05, 4.69) is 20.4 Å². The van der Waals surface area contributed by atoms with Crippen LogP contribution in [0.2, 0.25) is 0 Å². The topological polar surface area (TPSA) is 101 Å². The third-order valence-electron chi connectivity index (χ3n) is 9.34. The highest BCUT2D eigenvalue weighted by Gasteiger charge is 2.68. The van der Waals surface area contributed by atoms with Crippen molar-refractivity contribution in [1.29, 1.82) is 0 Å². The van der Waals surface area contributed by atoms with Crippen molar-refractivity contribution in [2.75, 3.05) is 6.61 Å². The highest BCUT2D eigenvalue weighted by atomic mass is 16.5. The molecule has 0 amide bonds. The summed E-state index contributed by atoms with van der Waals surface area (Å²) in [5.41, 5.74) is -1.49. The number of ether oxygens (including phenoxy) is 1. The first-order valence-electron chi connectivity index (χ1n) is 11.5. The number of allylic oxidation sites excluding steroid dienone is 1. The van der Waals surface area contributed by atoms with Gasteiger partial charge in [0.2, 0.25) is 5.78 Å². The van der Waals surface area contributed by atoms with Crippen LogP contribution in [0.25, 0.3) is 0 Å². The third-order valence-corrected chi connectivity index (χ3v) is 9.34. The second-order valence-electron chi connectivity index (χ2n) is 10.7. The standard InChI is InChI=1S/C25H34O6/c1-5-21(29)31-13-20(28)25(30)9-7-17-16-10-14(2)18-11-15(26)6-8-23(18,3)22(16)19(27)12-24(17,25)4/h5,11,14,16-17,19,22,27,30H,1,6-10,12-13H2,2-4H3/t14-,16-,17-,19-,22+,23-,24-,25-/m0/s1. The van der Waals surface area contributed by atoms with Gasteiger partial charge in [-0.05, 0) is 67.3 Å². The minimum absolute atomic E-state index is 0.0113. The molecule has 0 heterocycles. The Morgan fingerprint density at radius 1 is 1.32 bits per heavy atom. The van der Waals surface area contributed by atoms with Crippen LogP contribution in [0.4, 0.5) is 0 Å². The molecule has 0 unspecified atom stereocenters. The van der Waals surface area contributed by atoms with E-state index < -0.39 is 35.5 Å². The third kappa shape index (κ3) is 3.09. The average molecular weight is 431 g/mol. The zero-order chi connectivity index (χ0) is 22.8. The first-order valence-corrected chi connectivity index (χ1v) is 11.5. The first-order chi connectivity index (χ1) is 14.5. The van der Waals surface area contributed by atoms with E-state index in [1.165, 1.54) is 0 Å². The van der Waals surface area contributed by atoms with Gasteiger partial charge in [0.05, 0.1) is 6.10 Å². The quantitative estimate of drug-likeness (QED) is 0.525. The molecule has 4 aliphatic carbocycles. The average Bonchev–Trinajstić information content (AvgIpc) is 2.98. The van der Waals surface area contributed by atoms with E-state index in [0.717, 1.165) is 24.5 Å². The SMILES string of the molecule is C=CC(=O)OCC(=O)[C@@]1(O)CC[C@H]2[C@@H]3C[C@H](C)C4=CC(=O)CC[C@]4(C)[C@H]3[C@@H](O)C[C@@]21C.